The molecule has 18 heavy (non-hydrogen) atoms. The number of rotatable bonds is 5. The summed E-state index contributed by atoms with van der Waals surface area (Å²) in [6.07, 6.45) is 4.38. The Morgan fingerprint density at radius 1 is 1.11 bits per heavy atom. The zero-order valence-electron chi connectivity index (χ0n) is 10.4. The van der Waals surface area contributed by atoms with Gasteiger partial charge in [-0.2, -0.15) is 0 Å². The fourth-order valence-electron chi connectivity index (χ4n) is 1.82. The molecule has 0 amide bonds. The van der Waals surface area contributed by atoms with Gasteiger partial charge in [0.2, 0.25) is 0 Å². The zero-order chi connectivity index (χ0) is 12.8. The number of aliphatic hydroxyl groups is 1. The minimum atomic E-state index is -0.480. The Hall–Kier alpha value is -1.32. The smallest absolute Gasteiger partial charge is 0.125 e. The van der Waals surface area contributed by atoms with Crippen LogP contribution in [0.4, 0.5) is 0 Å². The van der Waals surface area contributed by atoms with Gasteiger partial charge in [-0.05, 0) is 29.7 Å². The quantitative estimate of drug-likeness (QED) is 0.835. The number of aromatic nitrogens is 1. The first-order valence-electron chi connectivity index (χ1n) is 6.03. The Bertz CT molecular complexity index is 460. The Balaban J connectivity index is 1.90. The van der Waals surface area contributed by atoms with Crippen molar-refractivity contribution in [3.8, 4) is 0 Å². The third-order valence-electron chi connectivity index (χ3n) is 2.72. The van der Waals surface area contributed by atoms with Crippen LogP contribution < -0.4 is 0 Å². The molecule has 1 aromatic carbocycles. The summed E-state index contributed by atoms with van der Waals surface area (Å²) in [5.41, 5.74) is 1.74. The maximum absolute atomic E-state index is 10.1. The Morgan fingerprint density at radius 3 is 2.44 bits per heavy atom. The van der Waals surface area contributed by atoms with E-state index in [1.807, 2.05) is 30.3 Å². The number of nitrogens with zero attached hydrogens (tertiary/aromatic N) is 1. The van der Waals surface area contributed by atoms with Crippen LogP contribution >= 0.6 is 11.8 Å². The molecule has 2 aromatic rings. The first-order chi connectivity index (χ1) is 8.75. The number of benzene rings is 1. The van der Waals surface area contributed by atoms with E-state index in [2.05, 4.69) is 24.0 Å². The second kappa shape index (κ2) is 6.57. The summed E-state index contributed by atoms with van der Waals surface area (Å²) >= 11 is 1.58. The van der Waals surface area contributed by atoms with E-state index in [0.29, 0.717) is 5.25 Å². The van der Waals surface area contributed by atoms with Crippen molar-refractivity contribution in [2.24, 2.45) is 0 Å². The lowest BCUT2D eigenvalue weighted by Gasteiger charge is -2.16. The second-order valence-electron chi connectivity index (χ2n) is 4.27. The molecule has 0 aliphatic carbocycles. The summed E-state index contributed by atoms with van der Waals surface area (Å²) in [5.74, 6) is 0. The highest BCUT2D eigenvalue weighted by Crippen LogP contribution is 2.30. The molecule has 0 radical (unpaired) electrons. The first-order valence-corrected chi connectivity index (χ1v) is 6.97. The highest BCUT2D eigenvalue weighted by molar-refractivity contribution is 7.99. The molecule has 2 atom stereocenters. The molecular weight excluding hydrogens is 242 g/mol. The lowest BCUT2D eigenvalue weighted by Crippen LogP contribution is -2.05. The van der Waals surface area contributed by atoms with Gasteiger partial charge in [-0.15, -0.1) is 11.8 Å². The molecule has 0 aliphatic heterocycles. The van der Waals surface area contributed by atoms with Gasteiger partial charge in [-0.25, -0.2) is 0 Å². The molecule has 1 aromatic heterocycles. The van der Waals surface area contributed by atoms with Crippen LogP contribution in [0.2, 0.25) is 0 Å². The van der Waals surface area contributed by atoms with Gasteiger partial charge in [0.05, 0.1) is 0 Å². The number of pyridine rings is 1. The van der Waals surface area contributed by atoms with Gasteiger partial charge < -0.3 is 5.11 Å². The number of aliphatic hydroxyl groups excluding tert-OH is 1. The zero-order valence-corrected chi connectivity index (χ0v) is 11.2. The molecule has 2 nitrogen and oxygen atoms in total. The van der Waals surface area contributed by atoms with Crippen LogP contribution in [0.5, 0.6) is 0 Å². The largest absolute Gasteiger partial charge is 0.378 e. The van der Waals surface area contributed by atoms with Crippen LogP contribution in [-0.2, 0) is 6.42 Å². The highest BCUT2D eigenvalue weighted by atomic mass is 32.2. The van der Waals surface area contributed by atoms with Crippen LogP contribution in [0.25, 0.3) is 0 Å². The van der Waals surface area contributed by atoms with Crippen LogP contribution in [0, 0.1) is 0 Å². The van der Waals surface area contributed by atoms with E-state index in [9.17, 15) is 5.11 Å². The van der Waals surface area contributed by atoms with Gasteiger partial charge >= 0.3 is 0 Å². The van der Waals surface area contributed by atoms with E-state index < -0.39 is 5.44 Å². The average molecular weight is 259 g/mol. The molecule has 3 heteroatoms. The number of hydrogen-bond donors (Lipinski definition) is 1. The van der Waals surface area contributed by atoms with Gasteiger partial charge in [-0.3, -0.25) is 4.98 Å². The van der Waals surface area contributed by atoms with E-state index in [1.165, 1.54) is 5.56 Å². The summed E-state index contributed by atoms with van der Waals surface area (Å²) in [6.45, 7) is 2.14. The maximum atomic E-state index is 10.1. The van der Waals surface area contributed by atoms with Crippen molar-refractivity contribution in [2.45, 2.75) is 24.0 Å². The fraction of sp³-hybridized carbons (Fsp3) is 0.267. The highest BCUT2D eigenvalue weighted by Gasteiger charge is 2.13. The van der Waals surface area contributed by atoms with E-state index in [4.69, 9.17) is 0 Å². The van der Waals surface area contributed by atoms with Gasteiger partial charge in [0.25, 0.3) is 0 Å². The summed E-state index contributed by atoms with van der Waals surface area (Å²) < 4.78 is 0. The van der Waals surface area contributed by atoms with Gasteiger partial charge in [0, 0.05) is 17.6 Å². The predicted octanol–water partition coefficient (Wildman–Crippen LogP) is 3.44. The third-order valence-corrected chi connectivity index (χ3v) is 3.88. The molecule has 2 rings (SSSR count). The summed E-state index contributed by atoms with van der Waals surface area (Å²) in [5, 5.41) is 10.5. The Kier molecular flexibility index (Phi) is 4.79. The molecule has 1 N–H and O–H groups in total. The lowest BCUT2D eigenvalue weighted by molar-refractivity contribution is 0.269. The van der Waals surface area contributed by atoms with Gasteiger partial charge in [0.1, 0.15) is 5.44 Å². The topological polar surface area (TPSA) is 33.1 Å². The molecule has 0 bridgehead atoms. The van der Waals surface area contributed by atoms with Crippen LogP contribution in [0.15, 0.2) is 54.9 Å². The van der Waals surface area contributed by atoms with Crippen molar-refractivity contribution in [3.63, 3.8) is 0 Å². The van der Waals surface area contributed by atoms with E-state index >= 15 is 0 Å². The van der Waals surface area contributed by atoms with Crippen molar-refractivity contribution >= 4 is 11.8 Å². The van der Waals surface area contributed by atoms with Crippen molar-refractivity contribution in [1.82, 2.24) is 4.98 Å². The van der Waals surface area contributed by atoms with E-state index in [1.54, 1.807) is 24.2 Å². The maximum Gasteiger partial charge on any atom is 0.125 e. The molecule has 0 fully saturated rings. The van der Waals surface area contributed by atoms with Crippen LogP contribution in [0.3, 0.4) is 0 Å². The van der Waals surface area contributed by atoms with Crippen molar-refractivity contribution in [2.75, 3.05) is 0 Å². The molecule has 0 saturated heterocycles. The normalized spacial score (nSPS) is 14.1. The standard InChI is InChI=1S/C15H17NOS/c1-12(11-13-5-3-2-4-6-13)18-15(17)14-7-9-16-10-8-14/h2-10,12,15,17H,11H2,1H3. The molecule has 0 spiro atoms. The second-order valence-corrected chi connectivity index (χ2v) is 5.79. The SMILES string of the molecule is CC(Cc1ccccc1)SC(O)c1ccncc1. The molecule has 2 unspecified atom stereocenters. The lowest BCUT2D eigenvalue weighted by atomic mass is 10.1. The Labute approximate surface area is 112 Å². The summed E-state index contributed by atoms with van der Waals surface area (Å²) in [6, 6.07) is 14.1. The van der Waals surface area contributed by atoms with E-state index in [0.717, 1.165) is 12.0 Å². The molecule has 1 heterocycles. The minimum Gasteiger partial charge on any atom is -0.378 e. The number of hydrogen-bond acceptors (Lipinski definition) is 3. The van der Waals surface area contributed by atoms with E-state index in [-0.39, 0.29) is 0 Å². The van der Waals surface area contributed by atoms with Crippen molar-refractivity contribution < 1.29 is 5.11 Å². The third kappa shape index (κ3) is 3.86. The van der Waals surface area contributed by atoms with Crippen molar-refractivity contribution in [3.05, 3.63) is 66.0 Å². The summed E-state index contributed by atoms with van der Waals surface area (Å²) in [7, 11) is 0. The predicted molar refractivity (Wildman–Crippen MR) is 76.4 cm³/mol. The average Bonchev–Trinajstić information content (AvgIpc) is 2.40. The van der Waals surface area contributed by atoms with Crippen LogP contribution in [-0.4, -0.2) is 15.3 Å². The molecule has 0 saturated carbocycles. The van der Waals surface area contributed by atoms with Gasteiger partial charge in [-0.1, -0.05) is 37.3 Å². The van der Waals surface area contributed by atoms with Crippen LogP contribution in [0.1, 0.15) is 23.5 Å². The van der Waals surface area contributed by atoms with Gasteiger partial charge in [0.15, 0.2) is 0 Å². The fourth-order valence-corrected chi connectivity index (χ4v) is 2.86. The first kappa shape index (κ1) is 13.1. The summed E-state index contributed by atoms with van der Waals surface area (Å²) in [4.78, 5) is 3.95. The van der Waals surface area contributed by atoms with Crippen molar-refractivity contribution in [1.29, 1.82) is 0 Å². The molecule has 94 valence electrons. The number of thioether (sulfide) groups is 1. The molecule has 0 aliphatic rings. The minimum absolute atomic E-state index is 0.371. The Morgan fingerprint density at radius 2 is 1.78 bits per heavy atom. The monoisotopic (exact) mass is 259 g/mol. The molecular formula is C15H17NOS.